The van der Waals surface area contributed by atoms with Gasteiger partial charge in [-0.1, -0.05) is 78.9 Å². The average Bonchev–Trinajstić information content (AvgIpc) is 2.82. The topological polar surface area (TPSA) is 88.4 Å². The van der Waals surface area contributed by atoms with E-state index in [1.54, 1.807) is 6.20 Å². The zero-order valence-corrected chi connectivity index (χ0v) is 22.5. The first-order valence-electron chi connectivity index (χ1n) is 12.9. The van der Waals surface area contributed by atoms with Crippen LogP contribution in [0.15, 0.2) is 59.5 Å². The second-order valence-electron chi connectivity index (χ2n) is 10.2. The molecule has 6 heteroatoms. The van der Waals surface area contributed by atoms with Crippen molar-refractivity contribution in [2.24, 2.45) is 0 Å². The number of carboxylic acids is 1. The molecule has 1 heterocycles. The maximum atomic E-state index is 13.6. The summed E-state index contributed by atoms with van der Waals surface area (Å²) in [6.45, 7) is 9.97. The summed E-state index contributed by atoms with van der Waals surface area (Å²) >= 11 is 0. The van der Waals surface area contributed by atoms with Gasteiger partial charge in [-0.2, -0.15) is 0 Å². The van der Waals surface area contributed by atoms with Crippen molar-refractivity contribution in [1.82, 2.24) is 9.88 Å². The number of carboxylic acid groups (broad SMARTS) is 1. The second-order valence-corrected chi connectivity index (χ2v) is 10.2. The largest absolute Gasteiger partial charge is 0.480 e. The van der Waals surface area contributed by atoms with Crippen LogP contribution in [0.1, 0.15) is 71.2 Å². The third-order valence-corrected chi connectivity index (χ3v) is 6.57. The molecule has 3 aromatic rings. The molecule has 0 aliphatic carbocycles. The van der Waals surface area contributed by atoms with Crippen LogP contribution in [0.5, 0.6) is 0 Å². The Hall–Kier alpha value is -3.67. The lowest BCUT2D eigenvalue weighted by Gasteiger charge is -2.23. The van der Waals surface area contributed by atoms with Crippen LogP contribution in [-0.2, 0) is 22.4 Å². The Balaban J connectivity index is 1.92. The van der Waals surface area contributed by atoms with Crippen molar-refractivity contribution in [3.63, 3.8) is 0 Å². The summed E-state index contributed by atoms with van der Waals surface area (Å²) in [4.78, 5) is 39.1. The maximum Gasteiger partial charge on any atom is 0.326 e. The van der Waals surface area contributed by atoms with Crippen molar-refractivity contribution in [2.75, 3.05) is 0 Å². The summed E-state index contributed by atoms with van der Waals surface area (Å²) in [6.07, 6.45) is 4.39. The molecule has 6 nitrogen and oxygen atoms in total. The average molecular weight is 503 g/mol. The molecule has 2 aromatic carbocycles. The Kier molecular flexibility index (Phi) is 9.45. The fraction of sp³-hybridized carbons (Fsp3) is 0.387. The number of nitrogens with zero attached hydrogens (tertiary/aromatic N) is 1. The first-order chi connectivity index (χ1) is 17.6. The predicted molar refractivity (Wildman–Crippen MR) is 147 cm³/mol. The van der Waals surface area contributed by atoms with E-state index in [4.69, 9.17) is 0 Å². The van der Waals surface area contributed by atoms with Crippen molar-refractivity contribution in [3.05, 3.63) is 104 Å². The number of rotatable bonds is 11. The van der Waals surface area contributed by atoms with Crippen LogP contribution < -0.4 is 10.9 Å². The highest BCUT2D eigenvalue weighted by atomic mass is 16.4. The summed E-state index contributed by atoms with van der Waals surface area (Å²) in [6, 6.07) is 13.8. The molecule has 37 heavy (non-hydrogen) atoms. The van der Waals surface area contributed by atoms with E-state index in [9.17, 15) is 19.5 Å². The third kappa shape index (κ3) is 7.66. The third-order valence-electron chi connectivity index (χ3n) is 6.57. The second kappa shape index (κ2) is 12.5. The Morgan fingerprint density at radius 2 is 1.54 bits per heavy atom. The number of hydrogen-bond acceptors (Lipinski definition) is 3. The zero-order chi connectivity index (χ0) is 27.1. The van der Waals surface area contributed by atoms with Crippen LogP contribution in [0, 0.1) is 27.7 Å². The van der Waals surface area contributed by atoms with E-state index in [-0.39, 0.29) is 12.0 Å². The van der Waals surface area contributed by atoms with Crippen LogP contribution in [-0.4, -0.2) is 27.6 Å². The van der Waals surface area contributed by atoms with Crippen molar-refractivity contribution in [3.8, 4) is 0 Å². The van der Waals surface area contributed by atoms with E-state index in [2.05, 4.69) is 23.5 Å². The minimum atomic E-state index is -1.10. The molecule has 2 N–H and O–H groups in total. The van der Waals surface area contributed by atoms with Gasteiger partial charge in [-0.3, -0.25) is 9.59 Å². The molecular weight excluding hydrogens is 464 g/mol. The number of benzene rings is 2. The molecule has 0 fully saturated rings. The first-order valence-corrected chi connectivity index (χ1v) is 12.9. The van der Waals surface area contributed by atoms with E-state index in [1.807, 2.05) is 65.0 Å². The fourth-order valence-corrected chi connectivity index (χ4v) is 4.79. The van der Waals surface area contributed by atoms with Crippen molar-refractivity contribution >= 4 is 11.9 Å². The predicted octanol–water partition coefficient (Wildman–Crippen LogP) is 5.22. The molecule has 0 radical (unpaired) electrons. The van der Waals surface area contributed by atoms with Crippen LogP contribution in [0.3, 0.4) is 0 Å². The highest BCUT2D eigenvalue weighted by molar-refractivity contribution is 5.86. The van der Waals surface area contributed by atoms with Gasteiger partial charge in [-0.05, 0) is 56.9 Å². The number of aryl methyl sites for hydroxylation is 4. The number of carbonyl (C=O) groups is 2. The van der Waals surface area contributed by atoms with Crippen LogP contribution >= 0.6 is 0 Å². The monoisotopic (exact) mass is 502 g/mol. The SMILES string of the molecule is CCCC[C@@H](C(=O)NC(Cc1ccc(C)cc1)C(=O)O)n1cc(C)cc(Cc2cc(C)cc(C)c2)c1=O. The van der Waals surface area contributed by atoms with Crippen LogP contribution in [0.25, 0.3) is 0 Å². The molecule has 1 unspecified atom stereocenters. The lowest BCUT2D eigenvalue weighted by Crippen LogP contribution is -2.47. The molecule has 1 amide bonds. The number of hydrogen-bond donors (Lipinski definition) is 2. The summed E-state index contributed by atoms with van der Waals surface area (Å²) in [5, 5.41) is 12.6. The molecule has 0 bridgehead atoms. The number of amides is 1. The highest BCUT2D eigenvalue weighted by Crippen LogP contribution is 2.18. The molecule has 0 spiro atoms. The maximum absolute atomic E-state index is 13.6. The Morgan fingerprint density at radius 3 is 2.14 bits per heavy atom. The van der Waals surface area contributed by atoms with Gasteiger partial charge < -0.3 is 15.0 Å². The van der Waals surface area contributed by atoms with E-state index in [0.29, 0.717) is 18.4 Å². The molecule has 0 aliphatic heterocycles. The van der Waals surface area contributed by atoms with Gasteiger partial charge >= 0.3 is 5.97 Å². The van der Waals surface area contributed by atoms with E-state index in [1.165, 1.54) is 4.57 Å². The van der Waals surface area contributed by atoms with Gasteiger partial charge in [0.1, 0.15) is 12.1 Å². The molecule has 196 valence electrons. The summed E-state index contributed by atoms with van der Waals surface area (Å²) < 4.78 is 1.50. The zero-order valence-electron chi connectivity index (χ0n) is 22.5. The van der Waals surface area contributed by atoms with Crippen LogP contribution in [0.4, 0.5) is 0 Å². The molecular formula is C31H38N2O4. The van der Waals surface area contributed by atoms with Crippen molar-refractivity contribution < 1.29 is 14.7 Å². The van der Waals surface area contributed by atoms with Gasteiger partial charge in [0.2, 0.25) is 5.91 Å². The summed E-state index contributed by atoms with van der Waals surface area (Å²) in [5.41, 5.74) is 6.50. The molecule has 0 aliphatic rings. The van der Waals surface area contributed by atoms with Gasteiger partial charge in [-0.25, -0.2) is 4.79 Å². The van der Waals surface area contributed by atoms with Gasteiger partial charge in [0.25, 0.3) is 5.56 Å². The van der Waals surface area contributed by atoms with E-state index >= 15 is 0 Å². The van der Waals surface area contributed by atoms with Crippen molar-refractivity contribution in [2.45, 2.75) is 78.8 Å². The first kappa shape index (κ1) is 27.9. The van der Waals surface area contributed by atoms with Gasteiger partial charge in [-0.15, -0.1) is 0 Å². The summed E-state index contributed by atoms with van der Waals surface area (Å²) in [7, 11) is 0. The minimum absolute atomic E-state index is 0.169. The molecule has 3 rings (SSSR count). The molecule has 0 saturated heterocycles. The Morgan fingerprint density at radius 1 is 0.892 bits per heavy atom. The lowest BCUT2D eigenvalue weighted by atomic mass is 10.00. The quantitative estimate of drug-likeness (QED) is 0.376. The standard InChI is InChI=1S/C31H38N2O4/c1-6-7-8-28(29(34)32-27(31(36)37)18-24-11-9-20(2)10-12-24)33-19-23(5)16-26(30(33)35)17-25-14-21(3)13-22(4)15-25/h9-16,19,27-28H,6-8,17-18H2,1-5H3,(H,32,34)(H,36,37)/t27?,28-/m0/s1. The number of aromatic nitrogens is 1. The smallest absolute Gasteiger partial charge is 0.326 e. The molecule has 1 aromatic heterocycles. The summed E-state index contributed by atoms with van der Waals surface area (Å²) in [5.74, 6) is -1.55. The van der Waals surface area contributed by atoms with Crippen LogP contribution in [0.2, 0.25) is 0 Å². The van der Waals surface area contributed by atoms with Crippen molar-refractivity contribution in [1.29, 1.82) is 0 Å². The van der Waals surface area contributed by atoms with E-state index < -0.39 is 24.0 Å². The highest BCUT2D eigenvalue weighted by Gasteiger charge is 2.27. The normalized spacial score (nSPS) is 12.7. The number of unbranched alkanes of at least 4 members (excludes halogenated alkanes) is 1. The number of nitrogens with one attached hydrogen (secondary N) is 1. The Labute approximate surface area is 219 Å². The molecule has 0 saturated carbocycles. The van der Waals surface area contributed by atoms with E-state index in [0.717, 1.165) is 46.2 Å². The number of aliphatic carboxylic acids is 1. The Bertz CT molecular complexity index is 1290. The number of pyridine rings is 1. The van der Waals surface area contributed by atoms with Gasteiger partial charge in [0, 0.05) is 24.6 Å². The number of carbonyl (C=O) groups excluding carboxylic acids is 1. The van der Waals surface area contributed by atoms with Gasteiger partial charge in [0.15, 0.2) is 0 Å². The molecule has 2 atom stereocenters. The lowest BCUT2D eigenvalue weighted by molar-refractivity contribution is -0.142. The minimum Gasteiger partial charge on any atom is -0.480 e. The van der Waals surface area contributed by atoms with Gasteiger partial charge in [0.05, 0.1) is 0 Å². The fourth-order valence-electron chi connectivity index (χ4n) is 4.79.